The van der Waals surface area contributed by atoms with Crippen molar-refractivity contribution in [2.45, 2.75) is 27.3 Å². The van der Waals surface area contributed by atoms with Crippen LogP contribution in [-0.2, 0) is 11.3 Å². The van der Waals surface area contributed by atoms with Crippen LogP contribution in [0.5, 0.6) is 0 Å². The summed E-state index contributed by atoms with van der Waals surface area (Å²) in [5, 5.41) is 1.78. The summed E-state index contributed by atoms with van der Waals surface area (Å²) in [5.74, 6) is 4.80. The fourth-order valence-corrected chi connectivity index (χ4v) is 1.99. The Morgan fingerprint density at radius 3 is 2.67 bits per heavy atom. The van der Waals surface area contributed by atoms with Crippen LogP contribution in [0.2, 0.25) is 0 Å². The van der Waals surface area contributed by atoms with E-state index in [9.17, 15) is 9.59 Å². The first kappa shape index (κ1) is 11.9. The molecule has 0 saturated heterocycles. The predicted octanol–water partition coefficient (Wildman–Crippen LogP) is 0.234. The summed E-state index contributed by atoms with van der Waals surface area (Å²) in [7, 11) is 0. The lowest BCUT2D eigenvalue weighted by molar-refractivity contribution is -0.130. The quantitative estimate of drug-likeness (QED) is 0.442. The van der Waals surface area contributed by atoms with Crippen LogP contribution in [-0.4, -0.2) is 10.5 Å². The molecule has 0 aliphatic heterocycles. The number of hydrogen-bond acceptors (Lipinski definition) is 4. The van der Waals surface area contributed by atoms with E-state index in [1.54, 1.807) is 23.8 Å². The molecule has 0 fully saturated rings. The van der Waals surface area contributed by atoms with Crippen molar-refractivity contribution in [2.24, 2.45) is 11.3 Å². The van der Waals surface area contributed by atoms with Gasteiger partial charge in [0.25, 0.3) is 0 Å². The fourth-order valence-electron chi connectivity index (χ4n) is 1.26. The number of aryl methyl sites for hydroxylation is 1. The first-order chi connectivity index (χ1) is 6.88. The number of nitrogens with two attached hydrogens (primary N) is 1. The molecule has 0 atom stereocenters. The second-order valence-electron chi connectivity index (χ2n) is 4.09. The van der Waals surface area contributed by atoms with E-state index >= 15 is 0 Å². The van der Waals surface area contributed by atoms with E-state index in [0.29, 0.717) is 6.54 Å². The number of thiazole rings is 1. The standard InChI is InChI=1S/C9H15N3O2S/c1-6-4-15-8(14)12(6)5-9(2,3)7(13)11-10/h4H,5,10H2,1-3H3,(H,11,13). The number of aromatic nitrogens is 1. The second-order valence-corrected chi connectivity index (χ2v) is 4.91. The van der Waals surface area contributed by atoms with Gasteiger partial charge in [-0.05, 0) is 20.8 Å². The normalized spacial score (nSPS) is 11.5. The van der Waals surface area contributed by atoms with Crippen LogP contribution in [0.15, 0.2) is 10.2 Å². The van der Waals surface area contributed by atoms with E-state index in [0.717, 1.165) is 17.0 Å². The molecular formula is C9H15N3O2S. The Kier molecular flexibility index (Phi) is 3.31. The molecule has 0 saturated carbocycles. The minimum atomic E-state index is -0.690. The van der Waals surface area contributed by atoms with Crippen LogP contribution in [0.3, 0.4) is 0 Å². The average molecular weight is 229 g/mol. The molecule has 0 unspecified atom stereocenters. The zero-order valence-corrected chi connectivity index (χ0v) is 9.85. The van der Waals surface area contributed by atoms with E-state index in [4.69, 9.17) is 5.84 Å². The molecule has 0 aliphatic carbocycles. The molecule has 1 rings (SSSR count). The van der Waals surface area contributed by atoms with E-state index in [2.05, 4.69) is 5.43 Å². The third-order valence-electron chi connectivity index (χ3n) is 2.28. The molecule has 0 aromatic carbocycles. The van der Waals surface area contributed by atoms with Crippen LogP contribution in [0.25, 0.3) is 0 Å². The van der Waals surface area contributed by atoms with Gasteiger partial charge in [-0.25, -0.2) is 5.84 Å². The zero-order valence-electron chi connectivity index (χ0n) is 9.03. The zero-order chi connectivity index (χ0) is 11.6. The van der Waals surface area contributed by atoms with Crippen molar-refractivity contribution in [3.8, 4) is 0 Å². The Morgan fingerprint density at radius 1 is 1.67 bits per heavy atom. The lowest BCUT2D eigenvalue weighted by atomic mass is 9.92. The lowest BCUT2D eigenvalue weighted by Gasteiger charge is -2.22. The summed E-state index contributed by atoms with van der Waals surface area (Å²) in [6.45, 7) is 5.68. The maximum absolute atomic E-state index is 11.4. The molecule has 15 heavy (non-hydrogen) atoms. The molecule has 84 valence electrons. The summed E-state index contributed by atoms with van der Waals surface area (Å²) in [6.07, 6.45) is 0. The number of carbonyl (C=O) groups is 1. The van der Waals surface area contributed by atoms with Crippen molar-refractivity contribution >= 4 is 17.2 Å². The average Bonchev–Trinajstić information content (AvgIpc) is 2.47. The Bertz CT molecular complexity index is 419. The molecule has 0 bridgehead atoms. The number of amides is 1. The van der Waals surface area contributed by atoms with Gasteiger partial charge in [-0.2, -0.15) is 0 Å². The summed E-state index contributed by atoms with van der Waals surface area (Å²) in [5.41, 5.74) is 2.28. The first-order valence-corrected chi connectivity index (χ1v) is 5.42. The minimum Gasteiger partial charge on any atom is -0.302 e. The SMILES string of the molecule is Cc1csc(=O)n1CC(C)(C)C(=O)NN. The molecular weight excluding hydrogens is 214 g/mol. The highest BCUT2D eigenvalue weighted by Gasteiger charge is 2.28. The van der Waals surface area contributed by atoms with Crippen LogP contribution >= 0.6 is 11.3 Å². The van der Waals surface area contributed by atoms with E-state index < -0.39 is 5.41 Å². The summed E-state index contributed by atoms with van der Waals surface area (Å²) >= 11 is 1.14. The highest BCUT2D eigenvalue weighted by molar-refractivity contribution is 7.07. The van der Waals surface area contributed by atoms with Crippen molar-refractivity contribution in [3.05, 3.63) is 20.7 Å². The first-order valence-electron chi connectivity index (χ1n) is 4.54. The molecule has 1 heterocycles. The number of hydrogen-bond donors (Lipinski definition) is 2. The monoisotopic (exact) mass is 229 g/mol. The van der Waals surface area contributed by atoms with Gasteiger partial charge in [-0.1, -0.05) is 11.3 Å². The van der Waals surface area contributed by atoms with Gasteiger partial charge in [-0.3, -0.25) is 15.0 Å². The Labute approximate surface area is 91.9 Å². The van der Waals surface area contributed by atoms with Gasteiger partial charge in [0.15, 0.2) is 0 Å². The smallest absolute Gasteiger partial charge is 0.302 e. The Morgan fingerprint density at radius 2 is 2.27 bits per heavy atom. The highest BCUT2D eigenvalue weighted by atomic mass is 32.1. The molecule has 0 spiro atoms. The summed E-state index contributed by atoms with van der Waals surface area (Å²) in [4.78, 5) is 22.8. The van der Waals surface area contributed by atoms with E-state index in [1.807, 2.05) is 6.92 Å². The molecule has 0 aliphatic rings. The third-order valence-corrected chi connectivity index (χ3v) is 3.16. The van der Waals surface area contributed by atoms with Gasteiger partial charge in [0.05, 0.1) is 5.41 Å². The van der Waals surface area contributed by atoms with Crippen LogP contribution in [0.1, 0.15) is 19.5 Å². The van der Waals surface area contributed by atoms with E-state index in [1.165, 1.54) is 0 Å². The number of hydrazine groups is 1. The minimum absolute atomic E-state index is 0.0506. The highest BCUT2D eigenvalue weighted by Crippen LogP contribution is 2.18. The van der Waals surface area contributed by atoms with E-state index in [-0.39, 0.29) is 10.8 Å². The number of carbonyl (C=O) groups excluding carboxylic acids is 1. The molecule has 0 radical (unpaired) electrons. The van der Waals surface area contributed by atoms with Crippen LogP contribution in [0, 0.1) is 12.3 Å². The van der Waals surface area contributed by atoms with Crippen molar-refractivity contribution in [3.63, 3.8) is 0 Å². The van der Waals surface area contributed by atoms with Crippen LogP contribution in [0.4, 0.5) is 0 Å². The molecule has 1 aromatic heterocycles. The van der Waals surface area contributed by atoms with Gasteiger partial charge in [-0.15, -0.1) is 0 Å². The lowest BCUT2D eigenvalue weighted by Crippen LogP contribution is -2.44. The number of nitrogens with zero attached hydrogens (tertiary/aromatic N) is 1. The largest absolute Gasteiger partial charge is 0.307 e. The molecule has 1 aromatic rings. The van der Waals surface area contributed by atoms with Gasteiger partial charge in [0, 0.05) is 17.6 Å². The van der Waals surface area contributed by atoms with Crippen molar-refractivity contribution in [1.29, 1.82) is 0 Å². The number of rotatable bonds is 3. The fraction of sp³-hybridized carbons (Fsp3) is 0.556. The Hall–Kier alpha value is -1.14. The molecule has 6 heteroatoms. The summed E-state index contributed by atoms with van der Waals surface area (Å²) in [6, 6.07) is 0. The van der Waals surface area contributed by atoms with Gasteiger partial charge < -0.3 is 4.57 Å². The topological polar surface area (TPSA) is 77.1 Å². The predicted molar refractivity (Wildman–Crippen MR) is 59.4 cm³/mol. The molecule has 5 nitrogen and oxygen atoms in total. The number of nitrogens with one attached hydrogen (secondary N) is 1. The maximum Gasteiger partial charge on any atom is 0.307 e. The molecule has 1 amide bonds. The third kappa shape index (κ3) is 2.45. The second kappa shape index (κ2) is 4.16. The van der Waals surface area contributed by atoms with Gasteiger partial charge in [0.2, 0.25) is 5.91 Å². The van der Waals surface area contributed by atoms with Crippen molar-refractivity contribution in [1.82, 2.24) is 9.99 Å². The van der Waals surface area contributed by atoms with Gasteiger partial charge in [0.1, 0.15) is 0 Å². The maximum atomic E-state index is 11.4. The van der Waals surface area contributed by atoms with Crippen molar-refractivity contribution in [2.75, 3.05) is 0 Å². The van der Waals surface area contributed by atoms with Gasteiger partial charge >= 0.3 is 4.87 Å². The van der Waals surface area contributed by atoms with Crippen molar-refractivity contribution < 1.29 is 4.79 Å². The summed E-state index contributed by atoms with van der Waals surface area (Å²) < 4.78 is 1.58. The molecule has 3 N–H and O–H groups in total. The Balaban J connectivity index is 2.96. The van der Waals surface area contributed by atoms with Crippen LogP contribution < -0.4 is 16.1 Å².